The van der Waals surface area contributed by atoms with Gasteiger partial charge in [-0.05, 0) is 20.8 Å². The van der Waals surface area contributed by atoms with E-state index in [0.29, 0.717) is 24.3 Å². The minimum atomic E-state index is -0.546. The lowest BCUT2D eigenvalue weighted by Crippen LogP contribution is -2.40. The van der Waals surface area contributed by atoms with Crippen molar-refractivity contribution in [3.63, 3.8) is 0 Å². The monoisotopic (exact) mass is 281 g/mol. The maximum Gasteiger partial charge on any atom is 0.410 e. The lowest BCUT2D eigenvalue weighted by molar-refractivity contribution is 0.0218. The van der Waals surface area contributed by atoms with Gasteiger partial charge in [0.1, 0.15) is 11.4 Å². The molecular formula is C13H19N3O4. The zero-order chi connectivity index (χ0) is 14.9. The largest absolute Gasteiger partial charge is 0.444 e. The number of nitrogens with one attached hydrogen (secondary N) is 1. The Hall–Kier alpha value is -2.05. The Morgan fingerprint density at radius 1 is 1.40 bits per heavy atom. The van der Waals surface area contributed by atoms with Gasteiger partial charge in [-0.3, -0.25) is 4.79 Å². The number of carbonyl (C=O) groups excluding carboxylic acids is 2. The molecule has 0 atom stereocenters. The van der Waals surface area contributed by atoms with Gasteiger partial charge in [0.2, 0.25) is 0 Å². The van der Waals surface area contributed by atoms with Crippen molar-refractivity contribution in [2.45, 2.75) is 39.3 Å². The highest BCUT2D eigenvalue weighted by Crippen LogP contribution is 2.23. The number of hydrogen-bond acceptors (Lipinski definition) is 5. The Labute approximate surface area is 117 Å². The molecule has 2 heterocycles. The molecule has 2 rings (SSSR count). The topological polar surface area (TPSA) is 84.7 Å². The van der Waals surface area contributed by atoms with Crippen LogP contribution in [0.15, 0.2) is 4.52 Å². The van der Waals surface area contributed by atoms with E-state index in [0.717, 1.165) is 0 Å². The van der Waals surface area contributed by atoms with E-state index in [2.05, 4.69) is 10.5 Å². The van der Waals surface area contributed by atoms with Gasteiger partial charge in [-0.1, -0.05) is 5.16 Å². The average Bonchev–Trinajstić information content (AvgIpc) is 2.78. The van der Waals surface area contributed by atoms with Gasteiger partial charge < -0.3 is 19.5 Å². The van der Waals surface area contributed by atoms with E-state index in [-0.39, 0.29) is 18.1 Å². The highest BCUT2D eigenvalue weighted by atomic mass is 16.6. The molecule has 0 unspecified atom stereocenters. The number of fused-ring (bicyclic) bond motifs is 1. The Bertz CT molecular complexity index is 530. The summed E-state index contributed by atoms with van der Waals surface area (Å²) in [6.07, 6.45) is 0.130. The number of aromatic nitrogens is 1. The molecule has 0 fully saturated rings. The van der Waals surface area contributed by atoms with E-state index in [1.165, 1.54) is 7.05 Å². The molecule has 1 N–H and O–H groups in total. The fraction of sp³-hybridized carbons (Fsp3) is 0.615. The van der Waals surface area contributed by atoms with Gasteiger partial charge in [-0.2, -0.15) is 0 Å². The summed E-state index contributed by atoms with van der Waals surface area (Å²) in [6.45, 7) is 6.21. The molecule has 0 spiro atoms. The Morgan fingerprint density at radius 2 is 2.10 bits per heavy atom. The molecule has 7 nitrogen and oxygen atoms in total. The molecule has 110 valence electrons. The molecule has 1 aromatic rings. The van der Waals surface area contributed by atoms with Gasteiger partial charge in [0.05, 0.1) is 6.54 Å². The maximum atomic E-state index is 12.0. The predicted octanol–water partition coefficient (Wildman–Crippen LogP) is 1.33. The number of carbonyl (C=O) groups is 2. The van der Waals surface area contributed by atoms with E-state index >= 15 is 0 Å². The Morgan fingerprint density at radius 3 is 2.70 bits per heavy atom. The molecule has 0 bridgehead atoms. The van der Waals surface area contributed by atoms with E-state index in [4.69, 9.17) is 9.26 Å². The third-order valence-electron chi connectivity index (χ3n) is 2.92. The van der Waals surface area contributed by atoms with Crippen LogP contribution < -0.4 is 5.32 Å². The molecule has 7 heteroatoms. The van der Waals surface area contributed by atoms with Gasteiger partial charge in [0.15, 0.2) is 5.69 Å². The standard InChI is InChI=1S/C13H19N3O4/c1-13(2,3)19-12(18)16-6-5-9-8(7-16)10(15-20-9)11(17)14-4/h5-7H2,1-4H3,(H,14,17). The van der Waals surface area contributed by atoms with Gasteiger partial charge >= 0.3 is 6.09 Å². The van der Waals surface area contributed by atoms with Crippen LogP contribution in [-0.2, 0) is 17.7 Å². The van der Waals surface area contributed by atoms with Crippen LogP contribution in [0.2, 0.25) is 0 Å². The molecule has 0 radical (unpaired) electrons. The number of nitrogens with zero attached hydrogens (tertiary/aromatic N) is 2. The second-order valence-corrected chi connectivity index (χ2v) is 5.66. The summed E-state index contributed by atoms with van der Waals surface area (Å²) < 4.78 is 10.5. The van der Waals surface area contributed by atoms with Gasteiger partial charge in [-0.25, -0.2) is 4.79 Å². The van der Waals surface area contributed by atoms with Crippen molar-refractivity contribution in [2.75, 3.05) is 13.6 Å². The van der Waals surface area contributed by atoms with Crippen molar-refractivity contribution in [1.29, 1.82) is 0 Å². The molecule has 0 aliphatic carbocycles. The SMILES string of the molecule is CNC(=O)c1noc2c1CN(C(=O)OC(C)(C)C)CC2. The second kappa shape index (κ2) is 5.15. The quantitative estimate of drug-likeness (QED) is 0.839. The van der Waals surface area contributed by atoms with Crippen molar-refractivity contribution >= 4 is 12.0 Å². The van der Waals surface area contributed by atoms with Crippen molar-refractivity contribution in [3.05, 3.63) is 17.0 Å². The summed E-state index contributed by atoms with van der Waals surface area (Å²) >= 11 is 0. The van der Waals surface area contributed by atoms with Crippen molar-refractivity contribution in [3.8, 4) is 0 Å². The molecule has 1 aliphatic heterocycles. The molecule has 2 amide bonds. The summed E-state index contributed by atoms with van der Waals surface area (Å²) in [6, 6.07) is 0. The third kappa shape index (κ3) is 2.92. The van der Waals surface area contributed by atoms with Crippen LogP contribution in [0.3, 0.4) is 0 Å². The van der Waals surface area contributed by atoms with Crippen LogP contribution >= 0.6 is 0 Å². The zero-order valence-electron chi connectivity index (χ0n) is 12.1. The first-order chi connectivity index (χ1) is 9.31. The highest BCUT2D eigenvalue weighted by molar-refractivity contribution is 5.93. The first-order valence-electron chi connectivity index (χ1n) is 6.49. The lowest BCUT2D eigenvalue weighted by Gasteiger charge is -2.29. The van der Waals surface area contributed by atoms with E-state index < -0.39 is 11.7 Å². The van der Waals surface area contributed by atoms with Crippen molar-refractivity contribution in [1.82, 2.24) is 15.4 Å². The Balaban J connectivity index is 2.15. The van der Waals surface area contributed by atoms with Crippen molar-refractivity contribution in [2.24, 2.45) is 0 Å². The molecule has 1 aliphatic rings. The molecule has 0 aromatic carbocycles. The maximum absolute atomic E-state index is 12.0. The minimum Gasteiger partial charge on any atom is -0.444 e. The summed E-state index contributed by atoms with van der Waals surface area (Å²) in [5.74, 6) is 0.337. The summed E-state index contributed by atoms with van der Waals surface area (Å²) in [4.78, 5) is 25.3. The van der Waals surface area contributed by atoms with E-state index in [1.54, 1.807) is 4.90 Å². The highest BCUT2D eigenvalue weighted by Gasteiger charge is 2.31. The number of rotatable bonds is 1. The van der Waals surface area contributed by atoms with Crippen LogP contribution in [0.25, 0.3) is 0 Å². The number of amides is 2. The van der Waals surface area contributed by atoms with Gasteiger partial charge in [0, 0.05) is 25.6 Å². The lowest BCUT2D eigenvalue weighted by atomic mass is 10.1. The zero-order valence-corrected chi connectivity index (χ0v) is 12.1. The fourth-order valence-electron chi connectivity index (χ4n) is 1.99. The summed E-state index contributed by atoms with van der Waals surface area (Å²) in [5.41, 5.74) is 0.340. The number of hydrogen-bond donors (Lipinski definition) is 1. The molecule has 1 aromatic heterocycles. The fourth-order valence-corrected chi connectivity index (χ4v) is 1.99. The molecule has 0 saturated carbocycles. The van der Waals surface area contributed by atoms with Crippen LogP contribution in [0.1, 0.15) is 42.6 Å². The van der Waals surface area contributed by atoms with E-state index in [1.807, 2.05) is 20.8 Å². The molecule has 20 heavy (non-hydrogen) atoms. The van der Waals surface area contributed by atoms with Crippen molar-refractivity contribution < 1.29 is 18.8 Å². The predicted molar refractivity (Wildman–Crippen MR) is 70.2 cm³/mol. The van der Waals surface area contributed by atoms with E-state index in [9.17, 15) is 9.59 Å². The normalized spacial score (nSPS) is 14.7. The van der Waals surface area contributed by atoms with Crippen LogP contribution in [0.5, 0.6) is 0 Å². The van der Waals surface area contributed by atoms with Crippen LogP contribution in [0, 0.1) is 0 Å². The minimum absolute atomic E-state index is 0.232. The first-order valence-corrected chi connectivity index (χ1v) is 6.49. The summed E-state index contributed by atoms with van der Waals surface area (Å²) in [5, 5.41) is 6.27. The van der Waals surface area contributed by atoms with Gasteiger partial charge in [-0.15, -0.1) is 0 Å². The van der Waals surface area contributed by atoms with Gasteiger partial charge in [0.25, 0.3) is 5.91 Å². The first kappa shape index (κ1) is 14.4. The molecular weight excluding hydrogens is 262 g/mol. The average molecular weight is 281 g/mol. The Kier molecular flexibility index (Phi) is 3.69. The number of ether oxygens (including phenoxy) is 1. The molecule has 0 saturated heterocycles. The smallest absolute Gasteiger partial charge is 0.410 e. The summed E-state index contributed by atoms with van der Waals surface area (Å²) in [7, 11) is 1.53. The second-order valence-electron chi connectivity index (χ2n) is 5.66. The van der Waals surface area contributed by atoms with Crippen LogP contribution in [0.4, 0.5) is 4.79 Å². The van der Waals surface area contributed by atoms with Crippen LogP contribution in [-0.4, -0.2) is 41.3 Å². The third-order valence-corrected chi connectivity index (χ3v) is 2.92.